The fourth-order valence-corrected chi connectivity index (χ4v) is 4.00. The summed E-state index contributed by atoms with van der Waals surface area (Å²) in [6.45, 7) is 7.91. The molecule has 0 bridgehead atoms. The molecule has 0 aliphatic carbocycles. The molecule has 1 saturated heterocycles. The van der Waals surface area contributed by atoms with Gasteiger partial charge in [-0.15, -0.1) is 0 Å². The second-order valence-electron chi connectivity index (χ2n) is 8.50. The predicted octanol–water partition coefficient (Wildman–Crippen LogP) is 4.28. The van der Waals surface area contributed by atoms with Crippen LogP contribution in [0.25, 0.3) is 11.3 Å². The van der Waals surface area contributed by atoms with Gasteiger partial charge in [-0.3, -0.25) is 9.69 Å². The summed E-state index contributed by atoms with van der Waals surface area (Å²) in [4.78, 5) is 15.2. The van der Waals surface area contributed by atoms with Crippen LogP contribution in [0.3, 0.4) is 0 Å². The highest BCUT2D eigenvalue weighted by Crippen LogP contribution is 2.25. The predicted molar refractivity (Wildman–Crippen MR) is 126 cm³/mol. The third-order valence-electron chi connectivity index (χ3n) is 6.05. The van der Waals surface area contributed by atoms with E-state index in [9.17, 15) is 4.79 Å². The van der Waals surface area contributed by atoms with Crippen LogP contribution in [0.4, 0.5) is 0 Å². The highest BCUT2D eigenvalue weighted by atomic mass is 16.5. The largest absolute Gasteiger partial charge is 0.497 e. The number of morpholine rings is 1. The van der Waals surface area contributed by atoms with Crippen LogP contribution in [-0.4, -0.2) is 55.9 Å². The van der Waals surface area contributed by atoms with Crippen LogP contribution in [0.5, 0.6) is 5.75 Å². The highest BCUT2D eigenvalue weighted by molar-refractivity contribution is 5.93. The Bertz CT molecular complexity index is 1040. The van der Waals surface area contributed by atoms with Crippen molar-refractivity contribution >= 4 is 5.91 Å². The van der Waals surface area contributed by atoms with E-state index in [4.69, 9.17) is 14.0 Å². The molecule has 7 nitrogen and oxygen atoms in total. The standard InChI is InChI=1S/C26H31N3O4/c1-18(2)19-4-6-20(7-5-19)24(29-12-14-32-15-13-29)17-27-26(30)23-16-25(33-28-23)21-8-10-22(31-3)11-9-21/h4-11,16,18,24H,12-15,17H2,1-3H3,(H,27,30)/t24-/m1/s1. The molecule has 1 fully saturated rings. The lowest BCUT2D eigenvalue weighted by Gasteiger charge is -2.35. The summed E-state index contributed by atoms with van der Waals surface area (Å²) in [5.41, 5.74) is 3.58. The molecule has 1 N–H and O–H groups in total. The van der Waals surface area contributed by atoms with E-state index in [1.165, 1.54) is 11.1 Å². The molecule has 0 saturated carbocycles. The number of carbonyl (C=O) groups is 1. The van der Waals surface area contributed by atoms with Crippen LogP contribution in [0, 0.1) is 0 Å². The zero-order chi connectivity index (χ0) is 23.2. The number of aromatic nitrogens is 1. The van der Waals surface area contributed by atoms with E-state index < -0.39 is 0 Å². The maximum atomic E-state index is 12.9. The Morgan fingerprint density at radius 1 is 1.06 bits per heavy atom. The molecule has 2 heterocycles. The van der Waals surface area contributed by atoms with Gasteiger partial charge in [0.2, 0.25) is 0 Å². The number of nitrogens with zero attached hydrogens (tertiary/aromatic N) is 2. The van der Waals surface area contributed by atoms with Gasteiger partial charge in [0.05, 0.1) is 26.4 Å². The van der Waals surface area contributed by atoms with Crippen LogP contribution >= 0.6 is 0 Å². The van der Waals surface area contributed by atoms with E-state index in [1.807, 2.05) is 24.3 Å². The number of rotatable bonds is 8. The van der Waals surface area contributed by atoms with E-state index >= 15 is 0 Å². The van der Waals surface area contributed by atoms with Crippen LogP contribution in [0.15, 0.2) is 59.1 Å². The molecule has 1 aliphatic heterocycles. The summed E-state index contributed by atoms with van der Waals surface area (Å²) >= 11 is 0. The van der Waals surface area contributed by atoms with Crippen molar-refractivity contribution in [3.63, 3.8) is 0 Å². The maximum Gasteiger partial charge on any atom is 0.273 e. The minimum Gasteiger partial charge on any atom is -0.497 e. The van der Waals surface area contributed by atoms with Gasteiger partial charge in [-0.05, 0) is 41.3 Å². The number of ether oxygens (including phenoxy) is 2. The van der Waals surface area contributed by atoms with Gasteiger partial charge in [0.15, 0.2) is 11.5 Å². The van der Waals surface area contributed by atoms with Crippen LogP contribution in [0.1, 0.15) is 47.4 Å². The minimum atomic E-state index is -0.254. The molecule has 0 unspecified atom stereocenters. The van der Waals surface area contributed by atoms with Crippen molar-refractivity contribution in [2.45, 2.75) is 25.8 Å². The quantitative estimate of drug-likeness (QED) is 0.553. The second-order valence-corrected chi connectivity index (χ2v) is 8.50. The lowest BCUT2D eigenvalue weighted by atomic mass is 9.98. The van der Waals surface area contributed by atoms with E-state index in [0.717, 1.165) is 24.4 Å². The molecule has 3 aromatic rings. The Hall–Kier alpha value is -3.16. The SMILES string of the molecule is COc1ccc(-c2cc(C(=O)NC[C@H](c3ccc(C(C)C)cc3)N3CCOCC3)no2)cc1. The second kappa shape index (κ2) is 10.6. The van der Waals surface area contributed by atoms with Crippen molar-refractivity contribution in [3.8, 4) is 17.1 Å². The molecule has 7 heteroatoms. The molecule has 1 atom stereocenters. The van der Waals surface area contributed by atoms with Crippen molar-refractivity contribution in [1.82, 2.24) is 15.4 Å². The Kier molecular flexibility index (Phi) is 7.42. The third kappa shape index (κ3) is 5.61. The third-order valence-corrected chi connectivity index (χ3v) is 6.05. The van der Waals surface area contributed by atoms with Crippen molar-refractivity contribution in [2.75, 3.05) is 40.0 Å². The molecule has 1 aromatic heterocycles. The number of hydrogen-bond acceptors (Lipinski definition) is 6. The molecule has 1 aliphatic rings. The Morgan fingerprint density at radius 2 is 1.73 bits per heavy atom. The normalized spacial score (nSPS) is 15.4. The molecule has 2 aromatic carbocycles. The maximum absolute atomic E-state index is 12.9. The van der Waals surface area contributed by atoms with Crippen molar-refractivity contribution in [2.24, 2.45) is 0 Å². The molecule has 33 heavy (non-hydrogen) atoms. The first-order valence-electron chi connectivity index (χ1n) is 11.4. The first kappa shape index (κ1) is 23.0. The molecular formula is C26H31N3O4. The zero-order valence-electron chi connectivity index (χ0n) is 19.4. The monoisotopic (exact) mass is 449 g/mol. The van der Waals surface area contributed by atoms with Gasteiger partial charge in [-0.2, -0.15) is 0 Å². The topological polar surface area (TPSA) is 76.8 Å². The van der Waals surface area contributed by atoms with Crippen molar-refractivity contribution < 1.29 is 18.8 Å². The van der Waals surface area contributed by atoms with Crippen LogP contribution < -0.4 is 10.1 Å². The number of hydrogen-bond donors (Lipinski definition) is 1. The average molecular weight is 450 g/mol. The Balaban J connectivity index is 1.45. The smallest absolute Gasteiger partial charge is 0.273 e. The van der Waals surface area contributed by atoms with Gasteiger partial charge >= 0.3 is 0 Å². The number of amides is 1. The van der Waals surface area contributed by atoms with Gasteiger partial charge in [-0.25, -0.2) is 0 Å². The molecular weight excluding hydrogens is 418 g/mol. The lowest BCUT2D eigenvalue weighted by molar-refractivity contribution is 0.0162. The first-order chi connectivity index (χ1) is 16.0. The summed E-state index contributed by atoms with van der Waals surface area (Å²) in [6.07, 6.45) is 0. The van der Waals surface area contributed by atoms with Crippen LogP contribution in [-0.2, 0) is 4.74 Å². The Labute approximate surface area is 194 Å². The fourth-order valence-electron chi connectivity index (χ4n) is 4.00. The van der Waals surface area contributed by atoms with Gasteiger partial charge in [0.1, 0.15) is 5.75 Å². The van der Waals surface area contributed by atoms with Crippen molar-refractivity contribution in [1.29, 1.82) is 0 Å². The number of benzene rings is 2. The lowest BCUT2D eigenvalue weighted by Crippen LogP contribution is -2.43. The molecule has 1 amide bonds. The molecule has 4 rings (SSSR count). The number of methoxy groups -OCH3 is 1. The zero-order valence-corrected chi connectivity index (χ0v) is 19.4. The summed E-state index contributed by atoms with van der Waals surface area (Å²) in [5, 5.41) is 7.03. The summed E-state index contributed by atoms with van der Waals surface area (Å²) < 4.78 is 16.1. The number of carbonyl (C=O) groups excluding carboxylic acids is 1. The van der Waals surface area contributed by atoms with E-state index in [2.05, 4.69) is 53.5 Å². The van der Waals surface area contributed by atoms with Crippen LogP contribution in [0.2, 0.25) is 0 Å². The minimum absolute atomic E-state index is 0.0621. The summed E-state index contributed by atoms with van der Waals surface area (Å²) in [5.74, 6) is 1.52. The van der Waals surface area contributed by atoms with Gasteiger partial charge in [0.25, 0.3) is 5.91 Å². The molecule has 0 spiro atoms. The molecule has 0 radical (unpaired) electrons. The summed E-state index contributed by atoms with van der Waals surface area (Å²) in [6, 6.07) is 17.8. The molecule has 174 valence electrons. The van der Waals surface area contributed by atoms with E-state index in [0.29, 0.717) is 31.4 Å². The van der Waals surface area contributed by atoms with E-state index in [-0.39, 0.29) is 17.6 Å². The van der Waals surface area contributed by atoms with Gasteiger partial charge in [0, 0.05) is 31.3 Å². The van der Waals surface area contributed by atoms with E-state index in [1.54, 1.807) is 13.2 Å². The van der Waals surface area contributed by atoms with Crippen molar-refractivity contribution in [3.05, 3.63) is 71.4 Å². The first-order valence-corrected chi connectivity index (χ1v) is 11.4. The average Bonchev–Trinajstić information content (AvgIpc) is 3.35. The van der Waals surface area contributed by atoms with Gasteiger partial charge in [-0.1, -0.05) is 43.3 Å². The highest BCUT2D eigenvalue weighted by Gasteiger charge is 2.24. The summed E-state index contributed by atoms with van der Waals surface area (Å²) in [7, 11) is 1.62. The van der Waals surface area contributed by atoms with Gasteiger partial charge < -0.3 is 19.3 Å². The number of nitrogens with one attached hydrogen (secondary N) is 1. The Morgan fingerprint density at radius 3 is 2.36 bits per heavy atom. The fraction of sp³-hybridized carbons (Fsp3) is 0.385.